The van der Waals surface area contributed by atoms with E-state index in [0.717, 1.165) is 5.56 Å². The lowest BCUT2D eigenvalue weighted by atomic mass is 9.57. The molecule has 0 radical (unpaired) electrons. The molecule has 3 aliphatic carbocycles. The van der Waals surface area contributed by atoms with Crippen molar-refractivity contribution in [2.24, 2.45) is 17.6 Å². The van der Waals surface area contributed by atoms with Gasteiger partial charge in [-0.15, -0.1) is 0 Å². The first-order valence-electron chi connectivity index (χ1n) is 14.3. The summed E-state index contributed by atoms with van der Waals surface area (Å²) in [5.74, 6) is -7.99. The van der Waals surface area contributed by atoms with Crippen molar-refractivity contribution in [3.8, 4) is 5.75 Å². The number of benzene rings is 2. The summed E-state index contributed by atoms with van der Waals surface area (Å²) in [4.78, 5) is 54.0. The molecule has 0 unspecified atom stereocenters. The number of ketones is 2. The van der Waals surface area contributed by atoms with Crippen LogP contribution >= 0.6 is 0 Å². The van der Waals surface area contributed by atoms with Gasteiger partial charge in [-0.05, 0) is 62.2 Å². The summed E-state index contributed by atoms with van der Waals surface area (Å²) >= 11 is 0. The molecule has 1 fully saturated rings. The SMILES string of the molecule is CN(C)c1cc(CNCc2ccc(C(=O)O)cc2)c(O)c2c1C[C@H]1C[C@H]3[C@H](N(C)C)C(=O)C(C(N)=O)=C(O)[C@@]3(O)C(=O)C1=C2O. The molecule has 0 aromatic heterocycles. The van der Waals surface area contributed by atoms with E-state index < -0.39 is 64.0 Å². The Kier molecular flexibility index (Phi) is 7.98. The molecule has 45 heavy (non-hydrogen) atoms. The van der Waals surface area contributed by atoms with Gasteiger partial charge in [0.25, 0.3) is 5.91 Å². The summed E-state index contributed by atoms with van der Waals surface area (Å²) < 4.78 is 0. The molecule has 0 heterocycles. The van der Waals surface area contributed by atoms with Crippen molar-refractivity contribution >= 4 is 34.9 Å². The van der Waals surface area contributed by atoms with Crippen LogP contribution in [0.3, 0.4) is 0 Å². The number of nitrogens with two attached hydrogens (primary N) is 1. The number of carboxylic acids is 1. The van der Waals surface area contributed by atoms with Gasteiger partial charge in [-0.2, -0.15) is 0 Å². The van der Waals surface area contributed by atoms with E-state index in [4.69, 9.17) is 10.8 Å². The van der Waals surface area contributed by atoms with Crippen molar-refractivity contribution in [3.63, 3.8) is 0 Å². The van der Waals surface area contributed by atoms with Crippen LogP contribution in [0.25, 0.3) is 5.76 Å². The summed E-state index contributed by atoms with van der Waals surface area (Å²) in [5, 5.41) is 58.2. The van der Waals surface area contributed by atoms with Crippen molar-refractivity contribution < 1.29 is 44.7 Å². The summed E-state index contributed by atoms with van der Waals surface area (Å²) in [6.07, 6.45) is 0.183. The van der Waals surface area contributed by atoms with E-state index in [9.17, 15) is 39.6 Å². The first kappa shape index (κ1) is 31.7. The van der Waals surface area contributed by atoms with Gasteiger partial charge < -0.3 is 41.5 Å². The molecule has 1 saturated carbocycles. The number of aliphatic hydroxyl groups is 3. The Morgan fingerprint density at radius 3 is 2.24 bits per heavy atom. The number of phenolic OH excluding ortho intramolecular Hbond substituents is 1. The molecular formula is C32H36N4O9. The third-order valence-electron chi connectivity index (χ3n) is 9.10. The summed E-state index contributed by atoms with van der Waals surface area (Å²) in [6.45, 7) is 0.486. The molecule has 1 amide bonds. The predicted octanol–water partition coefficient (Wildman–Crippen LogP) is 1.02. The Morgan fingerprint density at radius 2 is 1.69 bits per heavy atom. The van der Waals surface area contributed by atoms with E-state index in [2.05, 4.69) is 5.32 Å². The molecule has 0 saturated heterocycles. The smallest absolute Gasteiger partial charge is 0.335 e. The number of Topliss-reactive ketones (excluding diaryl/α,β-unsaturated/α-hetero) is 2. The number of aliphatic hydroxyl groups excluding tert-OH is 2. The van der Waals surface area contributed by atoms with Crippen molar-refractivity contribution in [3.05, 3.63) is 75.1 Å². The second-order valence-electron chi connectivity index (χ2n) is 12.2. The van der Waals surface area contributed by atoms with Crippen LogP contribution in [-0.2, 0) is 33.9 Å². The van der Waals surface area contributed by atoms with Gasteiger partial charge in [0.05, 0.1) is 17.2 Å². The third kappa shape index (κ3) is 4.93. The van der Waals surface area contributed by atoms with Gasteiger partial charge >= 0.3 is 5.97 Å². The lowest BCUT2D eigenvalue weighted by Gasteiger charge is -2.50. The van der Waals surface area contributed by atoms with Crippen LogP contribution in [0.4, 0.5) is 5.69 Å². The number of nitrogens with one attached hydrogen (secondary N) is 1. The minimum absolute atomic E-state index is 0.00334. The zero-order valence-electron chi connectivity index (χ0n) is 25.3. The van der Waals surface area contributed by atoms with Crippen molar-refractivity contribution in [2.45, 2.75) is 37.6 Å². The second kappa shape index (κ2) is 11.3. The summed E-state index contributed by atoms with van der Waals surface area (Å²) in [6, 6.07) is 6.94. The maximum Gasteiger partial charge on any atom is 0.335 e. The molecule has 13 heteroatoms. The Bertz CT molecular complexity index is 1690. The number of phenols is 1. The van der Waals surface area contributed by atoms with Crippen LogP contribution in [0.5, 0.6) is 5.75 Å². The van der Waals surface area contributed by atoms with Crippen LogP contribution in [0, 0.1) is 11.8 Å². The van der Waals surface area contributed by atoms with Gasteiger partial charge in [-0.25, -0.2) is 4.79 Å². The zero-order chi connectivity index (χ0) is 33.1. The van der Waals surface area contributed by atoms with E-state index in [-0.39, 0.29) is 41.8 Å². The van der Waals surface area contributed by atoms with E-state index >= 15 is 0 Å². The highest BCUT2D eigenvalue weighted by molar-refractivity contribution is 6.24. The molecule has 13 nitrogen and oxygen atoms in total. The largest absolute Gasteiger partial charge is 0.508 e. The van der Waals surface area contributed by atoms with Crippen molar-refractivity contribution in [1.82, 2.24) is 10.2 Å². The first-order chi connectivity index (χ1) is 21.1. The van der Waals surface area contributed by atoms with E-state index in [0.29, 0.717) is 23.4 Å². The molecular weight excluding hydrogens is 584 g/mol. The molecule has 0 spiro atoms. The Morgan fingerprint density at radius 1 is 1.04 bits per heavy atom. The van der Waals surface area contributed by atoms with Crippen LogP contribution in [0.2, 0.25) is 0 Å². The fourth-order valence-corrected chi connectivity index (χ4v) is 6.99. The monoisotopic (exact) mass is 620 g/mol. The molecule has 2 aromatic carbocycles. The predicted molar refractivity (Wildman–Crippen MR) is 163 cm³/mol. The lowest BCUT2D eigenvalue weighted by Crippen LogP contribution is -2.65. The van der Waals surface area contributed by atoms with Gasteiger partial charge in [-0.1, -0.05) is 12.1 Å². The highest BCUT2D eigenvalue weighted by Gasteiger charge is 2.64. The molecule has 0 bridgehead atoms. The molecule has 8 N–H and O–H groups in total. The third-order valence-corrected chi connectivity index (χ3v) is 9.10. The number of likely N-dealkylation sites (N-methyl/N-ethyl adjacent to an activating group) is 1. The minimum atomic E-state index is -2.71. The fourth-order valence-electron chi connectivity index (χ4n) is 6.99. The number of rotatable bonds is 8. The minimum Gasteiger partial charge on any atom is -0.508 e. The number of carbonyl (C=O) groups is 4. The Labute approximate surface area is 258 Å². The van der Waals surface area contributed by atoms with Crippen LogP contribution in [0.15, 0.2) is 47.2 Å². The zero-order valence-corrected chi connectivity index (χ0v) is 25.3. The quantitative estimate of drug-likeness (QED) is 0.206. The standard InChI is InChI=1S/C32H36N4O9/c1-35(2)20-11-17(13-34-12-14-5-7-15(8-6-14)31(43)44)25(37)22-18(20)9-16-10-19-24(36(3)4)27(39)23(30(33)42)29(41)32(19,45)28(40)21(16)26(22)38/h5-8,11,16,19,24,34,37-38,41,45H,9-10,12-13H2,1-4H3,(H2,33,42)(H,43,44)/t16-,19-,24-,32-/m0/s1. The molecule has 2 aromatic rings. The van der Waals surface area contributed by atoms with Crippen LogP contribution < -0.4 is 16.0 Å². The number of hydrogen-bond acceptors (Lipinski definition) is 11. The summed E-state index contributed by atoms with van der Waals surface area (Å²) in [7, 11) is 6.70. The number of carboxylic acid groups (broad SMARTS) is 1. The number of aromatic hydroxyl groups is 1. The van der Waals surface area contributed by atoms with Crippen molar-refractivity contribution in [2.75, 3.05) is 33.1 Å². The Hall–Kier alpha value is -4.72. The average molecular weight is 621 g/mol. The fraction of sp³-hybridized carbons (Fsp3) is 0.375. The number of carbonyl (C=O) groups excluding carboxylic acids is 3. The number of hydrogen-bond donors (Lipinski definition) is 7. The topological polar surface area (TPSA) is 214 Å². The maximum atomic E-state index is 14.1. The van der Waals surface area contributed by atoms with Gasteiger partial charge in [-0.3, -0.25) is 19.3 Å². The van der Waals surface area contributed by atoms with Gasteiger partial charge in [0.1, 0.15) is 22.8 Å². The normalized spacial score (nSPS) is 24.4. The van der Waals surface area contributed by atoms with Gasteiger partial charge in [0.15, 0.2) is 11.4 Å². The van der Waals surface area contributed by atoms with Crippen LogP contribution in [0.1, 0.15) is 39.0 Å². The van der Waals surface area contributed by atoms with Gasteiger partial charge in [0, 0.05) is 49.9 Å². The highest BCUT2D eigenvalue weighted by atomic mass is 16.4. The average Bonchev–Trinajstić information content (AvgIpc) is 2.95. The number of nitrogens with zero attached hydrogens (tertiary/aromatic N) is 2. The number of fused-ring (bicyclic) bond motifs is 3. The first-order valence-corrected chi connectivity index (χ1v) is 14.3. The lowest BCUT2D eigenvalue weighted by molar-refractivity contribution is -0.153. The van der Waals surface area contributed by atoms with E-state index in [1.54, 1.807) is 46.4 Å². The summed E-state index contributed by atoms with van der Waals surface area (Å²) in [5.41, 5.74) is 4.22. The van der Waals surface area contributed by atoms with E-state index in [1.165, 1.54) is 17.0 Å². The number of anilines is 1. The Balaban J connectivity index is 1.57. The molecule has 5 rings (SSSR count). The molecule has 4 atom stereocenters. The van der Waals surface area contributed by atoms with Gasteiger partial charge in [0.2, 0.25) is 5.78 Å². The molecule has 3 aliphatic rings. The maximum absolute atomic E-state index is 14.1. The number of amides is 1. The second-order valence-corrected chi connectivity index (χ2v) is 12.2. The molecule has 238 valence electrons. The molecule has 0 aliphatic heterocycles. The van der Waals surface area contributed by atoms with Crippen LogP contribution in [-0.4, -0.2) is 93.7 Å². The number of aromatic carboxylic acids is 1. The van der Waals surface area contributed by atoms with E-state index in [1.807, 2.05) is 4.90 Å². The van der Waals surface area contributed by atoms with Crippen molar-refractivity contribution in [1.29, 1.82) is 0 Å². The number of primary amides is 1. The highest BCUT2D eigenvalue weighted by Crippen LogP contribution is 2.54.